The van der Waals surface area contributed by atoms with Crippen LogP contribution in [0.1, 0.15) is 16.2 Å². The van der Waals surface area contributed by atoms with E-state index in [0.29, 0.717) is 17.7 Å². The van der Waals surface area contributed by atoms with Crippen LogP contribution in [0.3, 0.4) is 0 Å². The van der Waals surface area contributed by atoms with Gasteiger partial charge in [-0.1, -0.05) is 0 Å². The van der Waals surface area contributed by atoms with E-state index in [-0.39, 0.29) is 11.4 Å². The molecule has 80 valence electrons. The van der Waals surface area contributed by atoms with Crippen molar-refractivity contribution in [1.82, 2.24) is 20.4 Å². The summed E-state index contributed by atoms with van der Waals surface area (Å²) >= 11 is 0. The van der Waals surface area contributed by atoms with E-state index in [9.17, 15) is 9.18 Å². The minimum absolute atomic E-state index is 0.174. The molecule has 0 aliphatic carbocycles. The molecule has 0 aliphatic heterocycles. The van der Waals surface area contributed by atoms with Crippen molar-refractivity contribution in [2.45, 2.75) is 6.92 Å². The zero-order valence-electron chi connectivity index (χ0n) is 8.38. The van der Waals surface area contributed by atoms with Crippen LogP contribution >= 0.6 is 0 Å². The monoisotopic (exact) mass is 218 g/mol. The number of benzene rings is 1. The molecule has 1 heterocycles. The average molecular weight is 218 g/mol. The molecule has 16 heavy (non-hydrogen) atoms. The van der Waals surface area contributed by atoms with Crippen LogP contribution in [0.4, 0.5) is 4.39 Å². The van der Waals surface area contributed by atoms with Gasteiger partial charge in [-0.05, 0) is 25.1 Å². The van der Waals surface area contributed by atoms with Gasteiger partial charge in [-0.25, -0.2) is 4.39 Å². The van der Waals surface area contributed by atoms with Crippen molar-refractivity contribution in [2.75, 3.05) is 0 Å². The smallest absolute Gasteiger partial charge is 0.204 e. The van der Waals surface area contributed by atoms with E-state index >= 15 is 0 Å². The van der Waals surface area contributed by atoms with Gasteiger partial charge in [0, 0.05) is 11.1 Å². The first-order valence-electron chi connectivity index (χ1n) is 4.50. The molecule has 0 N–H and O–H groups in total. The largest absolute Gasteiger partial charge is 0.298 e. The zero-order valence-corrected chi connectivity index (χ0v) is 8.38. The van der Waals surface area contributed by atoms with E-state index in [4.69, 9.17) is 0 Å². The van der Waals surface area contributed by atoms with Crippen LogP contribution in [-0.2, 0) is 0 Å². The highest BCUT2D eigenvalue weighted by atomic mass is 19.1. The molecule has 0 amide bonds. The second-order valence-electron chi connectivity index (χ2n) is 3.12. The summed E-state index contributed by atoms with van der Waals surface area (Å²) < 4.78 is 12.9. The fraction of sp³-hybridized carbons (Fsp3) is 0.100. The Hall–Kier alpha value is -2.24. The van der Waals surface area contributed by atoms with Gasteiger partial charge in [0.25, 0.3) is 0 Å². The molecule has 0 unspecified atom stereocenters. The number of carbonyl (C=O) groups is 1. The summed E-state index contributed by atoms with van der Waals surface area (Å²) in [5.41, 5.74) is 0.587. The molecule has 0 saturated carbocycles. The van der Waals surface area contributed by atoms with Crippen LogP contribution in [0.25, 0.3) is 11.4 Å². The van der Waals surface area contributed by atoms with E-state index in [0.717, 1.165) is 6.07 Å². The first-order chi connectivity index (χ1) is 7.70. The van der Waals surface area contributed by atoms with Gasteiger partial charge in [0.15, 0.2) is 12.1 Å². The van der Waals surface area contributed by atoms with Crippen molar-refractivity contribution >= 4 is 6.29 Å². The Morgan fingerprint density at radius 3 is 2.50 bits per heavy atom. The molecule has 1 aromatic heterocycles. The second kappa shape index (κ2) is 4.09. The Morgan fingerprint density at radius 1 is 1.19 bits per heavy atom. The SMILES string of the molecule is Cc1nnc(-c2ccc(F)cc2C=O)nn1. The fourth-order valence-electron chi connectivity index (χ4n) is 1.22. The van der Waals surface area contributed by atoms with E-state index in [1.165, 1.54) is 12.1 Å². The Kier molecular flexibility index (Phi) is 2.63. The Balaban J connectivity index is 2.55. The molecule has 5 nitrogen and oxygen atoms in total. The highest BCUT2D eigenvalue weighted by molar-refractivity contribution is 5.85. The Labute approximate surface area is 90.4 Å². The maximum atomic E-state index is 12.9. The summed E-state index contributed by atoms with van der Waals surface area (Å²) in [5.74, 6) is 0.144. The lowest BCUT2D eigenvalue weighted by atomic mass is 10.1. The fourth-order valence-corrected chi connectivity index (χ4v) is 1.22. The third-order valence-corrected chi connectivity index (χ3v) is 1.96. The number of aryl methyl sites for hydroxylation is 1. The molecule has 0 fully saturated rings. The van der Waals surface area contributed by atoms with E-state index in [1.54, 1.807) is 6.92 Å². The van der Waals surface area contributed by atoms with Crippen LogP contribution < -0.4 is 0 Å². The topological polar surface area (TPSA) is 68.6 Å². The van der Waals surface area contributed by atoms with Crippen LogP contribution in [0.5, 0.6) is 0 Å². The molecule has 2 rings (SSSR count). The third-order valence-electron chi connectivity index (χ3n) is 1.96. The molecule has 2 aromatic rings. The maximum Gasteiger partial charge on any atom is 0.204 e. The van der Waals surface area contributed by atoms with E-state index in [2.05, 4.69) is 20.4 Å². The van der Waals surface area contributed by atoms with Crippen molar-refractivity contribution in [3.05, 3.63) is 35.4 Å². The van der Waals surface area contributed by atoms with Crippen molar-refractivity contribution in [2.24, 2.45) is 0 Å². The molecule has 0 radical (unpaired) electrons. The van der Waals surface area contributed by atoms with Crippen molar-refractivity contribution in [1.29, 1.82) is 0 Å². The maximum absolute atomic E-state index is 12.9. The molecule has 0 aliphatic rings. The highest BCUT2D eigenvalue weighted by Crippen LogP contribution is 2.18. The number of hydrogen-bond acceptors (Lipinski definition) is 5. The molecule has 0 spiro atoms. The third kappa shape index (κ3) is 1.90. The van der Waals surface area contributed by atoms with Gasteiger partial charge in [-0.3, -0.25) is 4.79 Å². The number of nitrogens with zero attached hydrogens (tertiary/aromatic N) is 4. The minimum atomic E-state index is -0.487. The molecule has 0 saturated heterocycles. The number of rotatable bonds is 2. The zero-order chi connectivity index (χ0) is 11.5. The van der Waals surface area contributed by atoms with Gasteiger partial charge >= 0.3 is 0 Å². The molecular formula is C10H7FN4O. The van der Waals surface area contributed by atoms with Gasteiger partial charge in [0.2, 0.25) is 5.82 Å². The Morgan fingerprint density at radius 2 is 1.88 bits per heavy atom. The van der Waals surface area contributed by atoms with Crippen molar-refractivity contribution < 1.29 is 9.18 Å². The van der Waals surface area contributed by atoms with Gasteiger partial charge in [0.1, 0.15) is 5.82 Å². The van der Waals surface area contributed by atoms with Gasteiger partial charge < -0.3 is 0 Å². The van der Waals surface area contributed by atoms with Gasteiger partial charge in [0.05, 0.1) is 0 Å². The molecule has 0 atom stereocenters. The average Bonchev–Trinajstić information content (AvgIpc) is 2.30. The molecule has 6 heteroatoms. The summed E-state index contributed by atoms with van der Waals surface area (Å²) in [6, 6.07) is 3.77. The lowest BCUT2D eigenvalue weighted by Crippen LogP contribution is -2.00. The summed E-state index contributed by atoms with van der Waals surface area (Å²) in [7, 11) is 0. The van der Waals surface area contributed by atoms with Gasteiger partial charge in [-0.15, -0.1) is 20.4 Å². The molecular weight excluding hydrogens is 211 g/mol. The lowest BCUT2D eigenvalue weighted by Gasteiger charge is -2.01. The molecule has 0 bridgehead atoms. The number of halogens is 1. The standard InChI is InChI=1S/C10H7FN4O/c1-6-12-14-10(15-13-6)9-3-2-8(11)4-7(9)5-16/h2-5H,1H3. The second-order valence-corrected chi connectivity index (χ2v) is 3.12. The lowest BCUT2D eigenvalue weighted by molar-refractivity contribution is 0.112. The van der Waals surface area contributed by atoms with E-state index < -0.39 is 5.82 Å². The van der Waals surface area contributed by atoms with E-state index in [1.807, 2.05) is 0 Å². The highest BCUT2D eigenvalue weighted by Gasteiger charge is 2.09. The first-order valence-corrected chi connectivity index (χ1v) is 4.50. The molecule has 1 aromatic carbocycles. The summed E-state index contributed by atoms with van der Waals surface area (Å²) in [5, 5.41) is 15.0. The van der Waals surface area contributed by atoms with Crippen LogP contribution in [-0.4, -0.2) is 26.7 Å². The number of hydrogen-bond donors (Lipinski definition) is 0. The van der Waals surface area contributed by atoms with Crippen LogP contribution in [0, 0.1) is 12.7 Å². The van der Waals surface area contributed by atoms with Crippen LogP contribution in [0.15, 0.2) is 18.2 Å². The summed E-state index contributed by atoms with van der Waals surface area (Å²) in [4.78, 5) is 10.8. The number of aldehydes is 1. The summed E-state index contributed by atoms with van der Waals surface area (Å²) in [6.45, 7) is 1.65. The number of carbonyl (C=O) groups excluding carboxylic acids is 1. The quantitative estimate of drug-likeness (QED) is 0.708. The van der Waals surface area contributed by atoms with Crippen molar-refractivity contribution in [3.8, 4) is 11.4 Å². The van der Waals surface area contributed by atoms with Crippen molar-refractivity contribution in [3.63, 3.8) is 0 Å². The first kappa shape index (κ1) is 10.3. The van der Waals surface area contributed by atoms with Crippen LogP contribution in [0.2, 0.25) is 0 Å². The predicted molar refractivity (Wildman–Crippen MR) is 53.1 cm³/mol. The normalized spacial score (nSPS) is 10.1. The number of aromatic nitrogens is 4. The minimum Gasteiger partial charge on any atom is -0.298 e. The Bertz CT molecular complexity index is 527. The van der Waals surface area contributed by atoms with Gasteiger partial charge in [-0.2, -0.15) is 0 Å². The summed E-state index contributed by atoms with van der Waals surface area (Å²) in [6.07, 6.45) is 0.543. The predicted octanol–water partition coefficient (Wildman–Crippen LogP) is 1.19.